The standard InChI is InChI=1S/C16H24N4OS/c1-4-14-18-15(21-19-14)9-20-7-5-6-12(8-20)16-17-13(10-22-16)11(2)3/h10-12H,4-9H2,1-3H3/t12-/m1/s1. The smallest absolute Gasteiger partial charge is 0.240 e. The molecule has 0 unspecified atom stereocenters. The van der Waals surface area contributed by atoms with E-state index in [4.69, 9.17) is 9.51 Å². The van der Waals surface area contributed by atoms with E-state index in [-0.39, 0.29) is 0 Å². The Balaban J connectivity index is 1.63. The van der Waals surface area contributed by atoms with E-state index >= 15 is 0 Å². The second-order valence-corrected chi connectivity index (χ2v) is 7.19. The molecule has 1 fully saturated rings. The lowest BCUT2D eigenvalue weighted by atomic mass is 9.98. The molecule has 1 aliphatic heterocycles. The van der Waals surface area contributed by atoms with E-state index in [1.54, 1.807) is 0 Å². The summed E-state index contributed by atoms with van der Waals surface area (Å²) in [5.41, 5.74) is 1.22. The van der Waals surface area contributed by atoms with E-state index in [9.17, 15) is 0 Å². The molecule has 3 heterocycles. The third-order valence-corrected chi connectivity index (χ3v) is 5.20. The predicted octanol–water partition coefficient (Wildman–Crippen LogP) is 3.59. The third kappa shape index (κ3) is 3.55. The van der Waals surface area contributed by atoms with Crippen molar-refractivity contribution in [3.63, 3.8) is 0 Å². The van der Waals surface area contributed by atoms with Gasteiger partial charge in [-0.3, -0.25) is 4.90 Å². The predicted molar refractivity (Wildman–Crippen MR) is 87.1 cm³/mol. The van der Waals surface area contributed by atoms with Crippen LogP contribution in [-0.2, 0) is 13.0 Å². The summed E-state index contributed by atoms with van der Waals surface area (Å²) in [5.74, 6) is 2.58. The van der Waals surface area contributed by atoms with Gasteiger partial charge in [0.05, 0.1) is 17.2 Å². The SMILES string of the molecule is CCc1noc(CN2CCC[C@@H](c3nc(C(C)C)cs3)C2)n1. The van der Waals surface area contributed by atoms with Crippen LogP contribution in [0.15, 0.2) is 9.90 Å². The largest absolute Gasteiger partial charge is 0.338 e. The number of aryl methyl sites for hydroxylation is 1. The molecule has 1 atom stereocenters. The highest BCUT2D eigenvalue weighted by molar-refractivity contribution is 7.09. The molecule has 3 rings (SSSR count). The molecule has 0 aromatic carbocycles. The van der Waals surface area contributed by atoms with Gasteiger partial charge in [0.15, 0.2) is 5.82 Å². The van der Waals surface area contributed by atoms with Crippen molar-refractivity contribution in [2.24, 2.45) is 0 Å². The van der Waals surface area contributed by atoms with Crippen molar-refractivity contribution in [1.82, 2.24) is 20.0 Å². The van der Waals surface area contributed by atoms with Crippen LogP contribution in [0.5, 0.6) is 0 Å². The zero-order valence-corrected chi connectivity index (χ0v) is 14.4. The van der Waals surface area contributed by atoms with Crippen molar-refractivity contribution < 1.29 is 4.52 Å². The molecule has 0 N–H and O–H groups in total. The van der Waals surface area contributed by atoms with Crippen LogP contribution >= 0.6 is 11.3 Å². The second kappa shape index (κ2) is 6.87. The maximum Gasteiger partial charge on any atom is 0.240 e. The van der Waals surface area contributed by atoms with E-state index < -0.39 is 0 Å². The van der Waals surface area contributed by atoms with Crippen LogP contribution in [0.25, 0.3) is 0 Å². The lowest BCUT2D eigenvalue weighted by Crippen LogP contribution is -2.34. The van der Waals surface area contributed by atoms with Crippen LogP contribution < -0.4 is 0 Å². The number of piperidine rings is 1. The number of rotatable bonds is 5. The fourth-order valence-electron chi connectivity index (χ4n) is 2.84. The molecular formula is C16H24N4OS. The molecule has 0 spiro atoms. The molecule has 22 heavy (non-hydrogen) atoms. The molecule has 1 aliphatic rings. The number of nitrogens with zero attached hydrogens (tertiary/aromatic N) is 4. The molecule has 0 amide bonds. The summed E-state index contributed by atoms with van der Waals surface area (Å²) in [6, 6.07) is 0. The first-order valence-corrected chi connectivity index (χ1v) is 9.02. The average molecular weight is 320 g/mol. The highest BCUT2D eigenvalue weighted by atomic mass is 32.1. The monoisotopic (exact) mass is 320 g/mol. The topological polar surface area (TPSA) is 55.1 Å². The number of hydrogen-bond acceptors (Lipinski definition) is 6. The molecule has 120 valence electrons. The normalized spacial score (nSPS) is 19.9. The van der Waals surface area contributed by atoms with Crippen LogP contribution in [0.3, 0.4) is 0 Å². The molecule has 0 aliphatic carbocycles. The summed E-state index contributed by atoms with van der Waals surface area (Å²) in [5, 5.41) is 7.48. The summed E-state index contributed by atoms with van der Waals surface area (Å²) in [6.45, 7) is 9.34. The summed E-state index contributed by atoms with van der Waals surface area (Å²) >= 11 is 1.81. The maximum absolute atomic E-state index is 5.32. The quantitative estimate of drug-likeness (QED) is 0.842. The minimum atomic E-state index is 0.510. The third-order valence-electron chi connectivity index (χ3n) is 4.17. The Morgan fingerprint density at radius 2 is 2.27 bits per heavy atom. The summed E-state index contributed by atoms with van der Waals surface area (Å²) in [6.07, 6.45) is 3.25. The van der Waals surface area contributed by atoms with E-state index in [1.807, 2.05) is 18.3 Å². The molecule has 2 aromatic rings. The van der Waals surface area contributed by atoms with Gasteiger partial charge in [-0.2, -0.15) is 4.98 Å². The van der Waals surface area contributed by atoms with Crippen molar-refractivity contribution in [3.8, 4) is 0 Å². The average Bonchev–Trinajstić information content (AvgIpc) is 3.16. The first-order valence-electron chi connectivity index (χ1n) is 8.14. The first-order chi connectivity index (χ1) is 10.7. The van der Waals surface area contributed by atoms with Crippen LogP contribution in [0.1, 0.15) is 67.9 Å². The second-order valence-electron chi connectivity index (χ2n) is 6.30. The summed E-state index contributed by atoms with van der Waals surface area (Å²) in [7, 11) is 0. The molecule has 0 saturated carbocycles. The van der Waals surface area contributed by atoms with Gasteiger partial charge in [-0.05, 0) is 25.3 Å². The summed E-state index contributed by atoms with van der Waals surface area (Å²) < 4.78 is 5.32. The van der Waals surface area contributed by atoms with Crippen LogP contribution in [-0.4, -0.2) is 33.1 Å². The van der Waals surface area contributed by atoms with Gasteiger partial charge in [0.2, 0.25) is 5.89 Å². The molecule has 6 heteroatoms. The zero-order valence-electron chi connectivity index (χ0n) is 13.6. The lowest BCUT2D eigenvalue weighted by molar-refractivity contribution is 0.177. The van der Waals surface area contributed by atoms with Gasteiger partial charge in [0.25, 0.3) is 0 Å². The van der Waals surface area contributed by atoms with Crippen molar-refractivity contribution in [3.05, 3.63) is 27.8 Å². The van der Waals surface area contributed by atoms with Gasteiger partial charge < -0.3 is 4.52 Å². The Hall–Kier alpha value is -1.27. The van der Waals surface area contributed by atoms with Gasteiger partial charge in [0.1, 0.15) is 0 Å². The maximum atomic E-state index is 5.32. The molecule has 1 saturated heterocycles. The molecule has 0 bridgehead atoms. The van der Waals surface area contributed by atoms with Crippen LogP contribution in [0.4, 0.5) is 0 Å². The molecule has 2 aromatic heterocycles. The highest BCUT2D eigenvalue weighted by Crippen LogP contribution is 2.31. The molecule has 0 radical (unpaired) electrons. The van der Waals surface area contributed by atoms with E-state index in [1.165, 1.54) is 23.5 Å². The van der Waals surface area contributed by atoms with E-state index in [0.717, 1.165) is 37.8 Å². The number of thiazole rings is 1. The van der Waals surface area contributed by atoms with Gasteiger partial charge in [-0.1, -0.05) is 25.9 Å². The Bertz CT molecular complexity index is 607. The Kier molecular flexibility index (Phi) is 4.88. The van der Waals surface area contributed by atoms with Crippen LogP contribution in [0, 0.1) is 0 Å². The number of likely N-dealkylation sites (tertiary alicyclic amines) is 1. The lowest BCUT2D eigenvalue weighted by Gasteiger charge is -2.30. The molecular weight excluding hydrogens is 296 g/mol. The minimum absolute atomic E-state index is 0.510. The first kappa shape index (κ1) is 15.6. The summed E-state index contributed by atoms with van der Waals surface area (Å²) in [4.78, 5) is 11.7. The fourth-order valence-corrected chi connectivity index (χ4v) is 3.95. The van der Waals surface area contributed by atoms with Gasteiger partial charge >= 0.3 is 0 Å². The van der Waals surface area contributed by atoms with Crippen molar-refractivity contribution in [2.75, 3.05) is 13.1 Å². The Morgan fingerprint density at radius 1 is 1.41 bits per heavy atom. The number of hydrogen-bond donors (Lipinski definition) is 0. The molecule has 5 nitrogen and oxygen atoms in total. The van der Waals surface area contributed by atoms with E-state index in [2.05, 4.69) is 34.3 Å². The number of aromatic nitrogens is 3. The zero-order chi connectivity index (χ0) is 15.5. The minimum Gasteiger partial charge on any atom is -0.338 e. The Labute approximate surface area is 135 Å². The van der Waals surface area contributed by atoms with Gasteiger partial charge in [-0.25, -0.2) is 4.98 Å². The van der Waals surface area contributed by atoms with Crippen molar-refractivity contribution in [2.45, 2.75) is 58.4 Å². The van der Waals surface area contributed by atoms with Crippen LogP contribution in [0.2, 0.25) is 0 Å². The highest BCUT2D eigenvalue weighted by Gasteiger charge is 2.25. The Morgan fingerprint density at radius 3 is 2.95 bits per heavy atom. The van der Waals surface area contributed by atoms with Gasteiger partial charge in [0, 0.05) is 24.3 Å². The fraction of sp³-hybridized carbons (Fsp3) is 0.688. The van der Waals surface area contributed by atoms with Gasteiger partial charge in [-0.15, -0.1) is 11.3 Å². The van der Waals surface area contributed by atoms with E-state index in [0.29, 0.717) is 11.8 Å². The van der Waals surface area contributed by atoms with Crippen molar-refractivity contribution in [1.29, 1.82) is 0 Å². The van der Waals surface area contributed by atoms with Crippen molar-refractivity contribution >= 4 is 11.3 Å².